The highest BCUT2D eigenvalue weighted by Gasteiger charge is 2.14. The number of hydrogen-bond donors (Lipinski definition) is 1. The fraction of sp³-hybridized carbons (Fsp3) is 0.429. The third kappa shape index (κ3) is 3.83. The van der Waals surface area contributed by atoms with Gasteiger partial charge in [-0.05, 0) is 19.4 Å². The van der Waals surface area contributed by atoms with Crippen LogP contribution in [0, 0.1) is 24.0 Å². The summed E-state index contributed by atoms with van der Waals surface area (Å²) in [6.45, 7) is 3.85. The Morgan fingerprint density at radius 2 is 2.12 bits per heavy atom. The van der Waals surface area contributed by atoms with E-state index in [0.717, 1.165) is 18.9 Å². The maximum absolute atomic E-state index is 13.5. The van der Waals surface area contributed by atoms with E-state index in [9.17, 15) is 8.78 Å². The molecule has 0 spiro atoms. The van der Waals surface area contributed by atoms with Crippen LogP contribution < -0.4 is 5.32 Å². The molecular weight excluding hydrogens is 220 g/mol. The minimum absolute atomic E-state index is 0.0838. The largest absolute Gasteiger partial charge is 0.297 e. The standard InChI is InChI=1S/C14H17F2N/c1-4-6-12(5-2)17-10(3)13-8-7-11(15)9-14(13)16/h2,7-10,12,17H,4,6H2,1,3H3. The van der Waals surface area contributed by atoms with Crippen molar-refractivity contribution in [3.8, 4) is 12.3 Å². The summed E-state index contributed by atoms with van der Waals surface area (Å²) in [6.07, 6.45) is 7.18. The molecule has 2 unspecified atom stereocenters. The molecule has 0 radical (unpaired) electrons. The fourth-order valence-electron chi connectivity index (χ4n) is 1.75. The minimum atomic E-state index is -0.569. The zero-order chi connectivity index (χ0) is 12.8. The summed E-state index contributed by atoms with van der Waals surface area (Å²) in [5.41, 5.74) is 0.433. The molecule has 1 rings (SSSR count). The van der Waals surface area contributed by atoms with Gasteiger partial charge in [-0.25, -0.2) is 8.78 Å². The van der Waals surface area contributed by atoms with Crippen molar-refractivity contribution in [1.82, 2.24) is 5.32 Å². The molecule has 1 aromatic carbocycles. The van der Waals surface area contributed by atoms with E-state index >= 15 is 0 Å². The van der Waals surface area contributed by atoms with E-state index in [1.807, 2.05) is 13.8 Å². The molecule has 0 aliphatic heterocycles. The van der Waals surface area contributed by atoms with E-state index < -0.39 is 11.6 Å². The lowest BCUT2D eigenvalue weighted by atomic mass is 10.1. The van der Waals surface area contributed by atoms with Gasteiger partial charge in [0.1, 0.15) is 11.6 Å². The molecule has 1 N–H and O–H groups in total. The van der Waals surface area contributed by atoms with Crippen molar-refractivity contribution in [2.24, 2.45) is 0 Å². The van der Waals surface area contributed by atoms with Crippen molar-refractivity contribution in [2.45, 2.75) is 38.8 Å². The fourth-order valence-corrected chi connectivity index (χ4v) is 1.75. The number of halogens is 2. The van der Waals surface area contributed by atoms with Crippen LogP contribution in [0.25, 0.3) is 0 Å². The van der Waals surface area contributed by atoms with Gasteiger partial charge in [0, 0.05) is 17.7 Å². The second-order valence-electron chi connectivity index (χ2n) is 4.06. The maximum Gasteiger partial charge on any atom is 0.130 e. The van der Waals surface area contributed by atoms with Gasteiger partial charge in [0.2, 0.25) is 0 Å². The number of benzene rings is 1. The molecular formula is C14H17F2N. The van der Waals surface area contributed by atoms with E-state index in [1.165, 1.54) is 12.1 Å². The monoisotopic (exact) mass is 237 g/mol. The Hall–Kier alpha value is -1.40. The van der Waals surface area contributed by atoms with Crippen LogP contribution >= 0.6 is 0 Å². The van der Waals surface area contributed by atoms with Crippen LogP contribution in [0.15, 0.2) is 18.2 Å². The second-order valence-corrected chi connectivity index (χ2v) is 4.06. The average Bonchev–Trinajstić information content (AvgIpc) is 2.28. The van der Waals surface area contributed by atoms with Gasteiger partial charge < -0.3 is 0 Å². The van der Waals surface area contributed by atoms with Crippen LogP contribution in [0.2, 0.25) is 0 Å². The quantitative estimate of drug-likeness (QED) is 0.774. The Bertz CT molecular complexity index is 409. The van der Waals surface area contributed by atoms with Gasteiger partial charge in [-0.15, -0.1) is 6.42 Å². The molecule has 92 valence electrons. The van der Waals surface area contributed by atoms with Crippen molar-refractivity contribution in [1.29, 1.82) is 0 Å². The molecule has 0 aliphatic carbocycles. The summed E-state index contributed by atoms with van der Waals surface area (Å²) in [5, 5.41) is 3.15. The molecule has 0 aliphatic rings. The molecule has 1 aromatic rings. The first-order chi connectivity index (χ1) is 8.08. The van der Waals surface area contributed by atoms with Crippen LogP contribution in [0.3, 0.4) is 0 Å². The molecule has 0 saturated heterocycles. The van der Waals surface area contributed by atoms with E-state index in [1.54, 1.807) is 0 Å². The van der Waals surface area contributed by atoms with Crippen LogP contribution in [-0.2, 0) is 0 Å². The highest BCUT2D eigenvalue weighted by molar-refractivity contribution is 5.22. The maximum atomic E-state index is 13.5. The predicted molar refractivity (Wildman–Crippen MR) is 65.4 cm³/mol. The lowest BCUT2D eigenvalue weighted by molar-refractivity contribution is 0.472. The van der Waals surface area contributed by atoms with E-state index in [-0.39, 0.29) is 12.1 Å². The number of terminal acetylenes is 1. The van der Waals surface area contributed by atoms with Crippen LogP contribution in [0.5, 0.6) is 0 Å². The molecule has 2 atom stereocenters. The Morgan fingerprint density at radius 1 is 1.41 bits per heavy atom. The van der Waals surface area contributed by atoms with Crippen molar-refractivity contribution >= 4 is 0 Å². The molecule has 0 fully saturated rings. The Labute approximate surface area is 101 Å². The molecule has 0 heterocycles. The van der Waals surface area contributed by atoms with E-state index in [4.69, 9.17) is 6.42 Å². The van der Waals surface area contributed by atoms with Gasteiger partial charge in [-0.3, -0.25) is 5.32 Å². The van der Waals surface area contributed by atoms with E-state index in [0.29, 0.717) is 5.56 Å². The van der Waals surface area contributed by atoms with Crippen molar-refractivity contribution in [3.63, 3.8) is 0 Å². The molecule has 0 amide bonds. The lowest BCUT2D eigenvalue weighted by Crippen LogP contribution is -2.30. The summed E-state index contributed by atoms with van der Waals surface area (Å²) < 4.78 is 26.3. The van der Waals surface area contributed by atoms with Crippen LogP contribution in [0.4, 0.5) is 8.78 Å². The molecule has 17 heavy (non-hydrogen) atoms. The third-order valence-corrected chi connectivity index (χ3v) is 2.66. The summed E-state index contributed by atoms with van der Waals surface area (Å²) in [5.74, 6) is 1.51. The average molecular weight is 237 g/mol. The van der Waals surface area contributed by atoms with Crippen molar-refractivity contribution < 1.29 is 8.78 Å². The molecule has 0 saturated carbocycles. The summed E-state index contributed by atoms with van der Waals surface area (Å²) in [4.78, 5) is 0. The van der Waals surface area contributed by atoms with Gasteiger partial charge in [0.15, 0.2) is 0 Å². The zero-order valence-electron chi connectivity index (χ0n) is 10.1. The first-order valence-electron chi connectivity index (χ1n) is 5.75. The Kier molecular flexibility index (Phi) is 5.11. The second kappa shape index (κ2) is 6.36. The van der Waals surface area contributed by atoms with Gasteiger partial charge in [0.05, 0.1) is 6.04 Å². The van der Waals surface area contributed by atoms with Gasteiger partial charge in [-0.1, -0.05) is 25.3 Å². The summed E-state index contributed by atoms with van der Waals surface area (Å²) >= 11 is 0. The van der Waals surface area contributed by atoms with E-state index in [2.05, 4.69) is 11.2 Å². The van der Waals surface area contributed by atoms with Gasteiger partial charge in [-0.2, -0.15) is 0 Å². The molecule has 0 bridgehead atoms. The number of rotatable bonds is 5. The number of hydrogen-bond acceptors (Lipinski definition) is 1. The van der Waals surface area contributed by atoms with Crippen LogP contribution in [-0.4, -0.2) is 6.04 Å². The third-order valence-electron chi connectivity index (χ3n) is 2.66. The van der Waals surface area contributed by atoms with Crippen LogP contribution in [0.1, 0.15) is 38.3 Å². The van der Waals surface area contributed by atoms with Crippen molar-refractivity contribution in [2.75, 3.05) is 0 Å². The highest BCUT2D eigenvalue weighted by atomic mass is 19.1. The number of nitrogens with one attached hydrogen (secondary N) is 1. The minimum Gasteiger partial charge on any atom is -0.297 e. The zero-order valence-corrected chi connectivity index (χ0v) is 10.1. The summed E-state index contributed by atoms with van der Waals surface area (Å²) in [7, 11) is 0. The lowest BCUT2D eigenvalue weighted by Gasteiger charge is -2.19. The Morgan fingerprint density at radius 3 is 2.65 bits per heavy atom. The first-order valence-corrected chi connectivity index (χ1v) is 5.75. The molecule has 0 aromatic heterocycles. The Balaban J connectivity index is 2.75. The van der Waals surface area contributed by atoms with Crippen molar-refractivity contribution in [3.05, 3.63) is 35.4 Å². The highest BCUT2D eigenvalue weighted by Crippen LogP contribution is 2.18. The molecule has 1 nitrogen and oxygen atoms in total. The SMILES string of the molecule is C#CC(CCC)NC(C)c1ccc(F)cc1F. The smallest absolute Gasteiger partial charge is 0.130 e. The predicted octanol–water partition coefficient (Wildman–Crippen LogP) is 3.42. The van der Waals surface area contributed by atoms with Gasteiger partial charge >= 0.3 is 0 Å². The normalized spacial score (nSPS) is 14.1. The molecule has 3 heteroatoms. The first kappa shape index (κ1) is 13.7. The topological polar surface area (TPSA) is 12.0 Å². The summed E-state index contributed by atoms with van der Waals surface area (Å²) in [6, 6.07) is 3.27. The van der Waals surface area contributed by atoms with Gasteiger partial charge in [0.25, 0.3) is 0 Å².